The highest BCUT2D eigenvalue weighted by Gasteiger charge is 2.50. The molecule has 2 fully saturated rings. The van der Waals surface area contributed by atoms with Gasteiger partial charge in [0, 0.05) is 6.04 Å². The van der Waals surface area contributed by atoms with Crippen LogP contribution >= 0.6 is 0 Å². The van der Waals surface area contributed by atoms with Crippen LogP contribution in [0.15, 0.2) is 34.9 Å². The number of rotatable bonds is 5. The van der Waals surface area contributed by atoms with Crippen LogP contribution < -0.4 is 5.32 Å². The lowest BCUT2D eigenvalue weighted by Crippen LogP contribution is -2.16. The molecule has 0 amide bonds. The summed E-state index contributed by atoms with van der Waals surface area (Å²) < 4.78 is 5.50. The van der Waals surface area contributed by atoms with Crippen LogP contribution in [-0.2, 0) is 12.0 Å². The molecule has 1 aromatic heterocycles. The van der Waals surface area contributed by atoms with Crippen molar-refractivity contribution >= 4 is 0 Å². The molecule has 0 saturated heterocycles. The molecular formula is C15H17N3O. The van der Waals surface area contributed by atoms with E-state index in [9.17, 15) is 0 Å². The van der Waals surface area contributed by atoms with E-state index in [2.05, 4.69) is 39.7 Å². The van der Waals surface area contributed by atoms with Gasteiger partial charge in [0.2, 0.25) is 5.89 Å². The van der Waals surface area contributed by atoms with Crippen molar-refractivity contribution in [2.75, 3.05) is 0 Å². The Balaban J connectivity index is 1.55. The third-order valence-electron chi connectivity index (χ3n) is 4.08. The average molecular weight is 255 g/mol. The molecule has 19 heavy (non-hydrogen) atoms. The normalized spacial score (nSPS) is 20.4. The molecule has 0 aliphatic heterocycles. The Bertz CT molecular complexity index is 570. The summed E-state index contributed by atoms with van der Waals surface area (Å²) >= 11 is 0. The zero-order chi connectivity index (χ0) is 12.7. The van der Waals surface area contributed by atoms with Crippen LogP contribution in [0, 0.1) is 0 Å². The second-order valence-corrected chi connectivity index (χ2v) is 5.62. The minimum Gasteiger partial charge on any atom is -0.338 e. The van der Waals surface area contributed by atoms with E-state index in [0.717, 1.165) is 31.1 Å². The average Bonchev–Trinajstić information content (AvgIpc) is 3.38. The van der Waals surface area contributed by atoms with Gasteiger partial charge < -0.3 is 9.84 Å². The third-order valence-corrected chi connectivity index (χ3v) is 4.08. The molecule has 4 rings (SSSR count). The molecule has 4 nitrogen and oxygen atoms in total. The Kier molecular flexibility index (Phi) is 2.45. The van der Waals surface area contributed by atoms with Gasteiger partial charge in [0.15, 0.2) is 5.82 Å². The van der Waals surface area contributed by atoms with Crippen molar-refractivity contribution in [2.24, 2.45) is 0 Å². The smallest absolute Gasteiger partial charge is 0.237 e. The molecule has 0 radical (unpaired) electrons. The monoisotopic (exact) mass is 255 g/mol. The fourth-order valence-corrected chi connectivity index (χ4v) is 2.55. The van der Waals surface area contributed by atoms with Crippen LogP contribution in [0.4, 0.5) is 0 Å². The van der Waals surface area contributed by atoms with Gasteiger partial charge in [-0.2, -0.15) is 4.98 Å². The van der Waals surface area contributed by atoms with Gasteiger partial charge in [-0.1, -0.05) is 35.5 Å². The number of hydrogen-bond acceptors (Lipinski definition) is 4. The molecule has 1 heterocycles. The minimum absolute atomic E-state index is 0.00785. The molecule has 98 valence electrons. The summed E-state index contributed by atoms with van der Waals surface area (Å²) in [4.78, 5) is 4.58. The number of benzene rings is 1. The Hall–Kier alpha value is -1.68. The lowest BCUT2D eigenvalue weighted by Gasteiger charge is -2.09. The largest absolute Gasteiger partial charge is 0.338 e. The summed E-state index contributed by atoms with van der Waals surface area (Å²) in [6.07, 6.45) is 4.76. The molecule has 1 N–H and O–H groups in total. The minimum atomic E-state index is -0.00785. The van der Waals surface area contributed by atoms with Crippen LogP contribution in [0.3, 0.4) is 0 Å². The molecule has 1 aromatic carbocycles. The maximum absolute atomic E-state index is 5.50. The van der Waals surface area contributed by atoms with Gasteiger partial charge in [-0.25, -0.2) is 0 Å². The molecule has 2 saturated carbocycles. The van der Waals surface area contributed by atoms with E-state index in [-0.39, 0.29) is 5.41 Å². The summed E-state index contributed by atoms with van der Waals surface area (Å²) in [5, 5.41) is 7.51. The van der Waals surface area contributed by atoms with Crippen molar-refractivity contribution in [1.29, 1.82) is 0 Å². The van der Waals surface area contributed by atoms with Gasteiger partial charge in [-0.15, -0.1) is 0 Å². The zero-order valence-corrected chi connectivity index (χ0v) is 10.8. The summed E-state index contributed by atoms with van der Waals surface area (Å²) in [6.45, 7) is 0.721. The van der Waals surface area contributed by atoms with Crippen LogP contribution in [0.1, 0.15) is 43.0 Å². The molecule has 0 spiro atoms. The number of aromatic nitrogens is 2. The lowest BCUT2D eigenvalue weighted by molar-refractivity contribution is 0.354. The zero-order valence-electron chi connectivity index (χ0n) is 10.8. The molecule has 2 aliphatic rings. The Morgan fingerprint density at radius 3 is 2.68 bits per heavy atom. The number of nitrogens with one attached hydrogen (secondary N) is 1. The Morgan fingerprint density at radius 2 is 2.00 bits per heavy atom. The van der Waals surface area contributed by atoms with E-state index in [1.165, 1.54) is 18.4 Å². The van der Waals surface area contributed by atoms with E-state index in [0.29, 0.717) is 6.04 Å². The van der Waals surface area contributed by atoms with E-state index in [4.69, 9.17) is 4.52 Å². The Morgan fingerprint density at radius 1 is 1.21 bits per heavy atom. The molecule has 4 heteroatoms. The first kappa shape index (κ1) is 11.2. The van der Waals surface area contributed by atoms with Crippen molar-refractivity contribution in [3.63, 3.8) is 0 Å². The topological polar surface area (TPSA) is 51.0 Å². The lowest BCUT2D eigenvalue weighted by atomic mass is 9.96. The summed E-state index contributed by atoms with van der Waals surface area (Å²) in [6, 6.07) is 11.2. The standard InChI is InChI=1S/C15H17N3O/c1-2-4-11(5-3-1)15(8-9-15)14-17-13(18-19-14)10-16-12-6-7-12/h1-5,12,16H,6-10H2. The summed E-state index contributed by atoms with van der Waals surface area (Å²) in [5.41, 5.74) is 1.28. The van der Waals surface area contributed by atoms with Gasteiger partial charge >= 0.3 is 0 Å². The van der Waals surface area contributed by atoms with Gasteiger partial charge in [0.25, 0.3) is 0 Å². The SMILES string of the molecule is c1ccc(C2(c3nc(CNC4CC4)no3)CC2)cc1. The molecule has 0 bridgehead atoms. The second kappa shape index (κ2) is 4.17. The van der Waals surface area contributed by atoms with Crippen LogP contribution in [-0.4, -0.2) is 16.2 Å². The van der Waals surface area contributed by atoms with Gasteiger partial charge in [0.05, 0.1) is 12.0 Å². The van der Waals surface area contributed by atoms with E-state index in [1.807, 2.05) is 6.07 Å². The first-order valence-electron chi connectivity index (χ1n) is 6.99. The maximum Gasteiger partial charge on any atom is 0.237 e. The summed E-state index contributed by atoms with van der Waals surface area (Å²) in [7, 11) is 0. The van der Waals surface area contributed by atoms with E-state index < -0.39 is 0 Å². The molecule has 2 aromatic rings. The van der Waals surface area contributed by atoms with Gasteiger partial charge in [-0.05, 0) is 31.2 Å². The van der Waals surface area contributed by atoms with E-state index >= 15 is 0 Å². The highest BCUT2D eigenvalue weighted by atomic mass is 16.5. The van der Waals surface area contributed by atoms with Crippen molar-refractivity contribution in [3.8, 4) is 0 Å². The quantitative estimate of drug-likeness (QED) is 0.891. The predicted molar refractivity (Wildman–Crippen MR) is 70.6 cm³/mol. The molecule has 0 unspecified atom stereocenters. The fraction of sp³-hybridized carbons (Fsp3) is 0.467. The van der Waals surface area contributed by atoms with Crippen molar-refractivity contribution in [1.82, 2.24) is 15.5 Å². The second-order valence-electron chi connectivity index (χ2n) is 5.62. The highest BCUT2D eigenvalue weighted by Crippen LogP contribution is 2.52. The van der Waals surface area contributed by atoms with Crippen molar-refractivity contribution < 1.29 is 4.52 Å². The maximum atomic E-state index is 5.50. The number of nitrogens with zero attached hydrogens (tertiary/aromatic N) is 2. The number of hydrogen-bond donors (Lipinski definition) is 1. The highest BCUT2D eigenvalue weighted by molar-refractivity contribution is 5.37. The van der Waals surface area contributed by atoms with Crippen molar-refractivity contribution in [3.05, 3.63) is 47.6 Å². The molecular weight excluding hydrogens is 238 g/mol. The van der Waals surface area contributed by atoms with Crippen LogP contribution in [0.25, 0.3) is 0 Å². The van der Waals surface area contributed by atoms with E-state index in [1.54, 1.807) is 0 Å². The molecule has 2 aliphatic carbocycles. The van der Waals surface area contributed by atoms with Gasteiger partial charge in [-0.3, -0.25) is 0 Å². The van der Waals surface area contributed by atoms with Crippen LogP contribution in [0.5, 0.6) is 0 Å². The first-order chi connectivity index (χ1) is 9.37. The molecule has 0 atom stereocenters. The van der Waals surface area contributed by atoms with Crippen LogP contribution in [0.2, 0.25) is 0 Å². The van der Waals surface area contributed by atoms with Crippen molar-refractivity contribution in [2.45, 2.75) is 43.7 Å². The first-order valence-corrected chi connectivity index (χ1v) is 6.99. The predicted octanol–water partition coefficient (Wildman–Crippen LogP) is 2.40. The Labute approximate surface area is 112 Å². The summed E-state index contributed by atoms with van der Waals surface area (Å²) in [5.74, 6) is 1.57. The third kappa shape index (κ3) is 2.06. The fourth-order valence-electron chi connectivity index (χ4n) is 2.55. The van der Waals surface area contributed by atoms with Gasteiger partial charge in [0.1, 0.15) is 0 Å².